The number of hydrogen-bond acceptors (Lipinski definition) is 3. The Morgan fingerprint density at radius 2 is 1.62 bits per heavy atom. The molecule has 2 N–H and O–H groups in total. The lowest BCUT2D eigenvalue weighted by molar-refractivity contribution is 0.0954. The number of carbonyl (C=O) groups is 1. The molecule has 32 heavy (non-hydrogen) atoms. The number of aryl methyl sites for hydroxylation is 2. The number of nitrogens with one attached hydrogen (secondary N) is 2. The molecule has 0 bridgehead atoms. The van der Waals surface area contributed by atoms with E-state index in [0.29, 0.717) is 29.4 Å². The average molecular weight is 428 g/mol. The summed E-state index contributed by atoms with van der Waals surface area (Å²) in [7, 11) is 0. The molecule has 0 saturated carbocycles. The maximum Gasteiger partial charge on any atom is 0.328 e. The van der Waals surface area contributed by atoms with E-state index < -0.39 is 5.69 Å². The van der Waals surface area contributed by atoms with Crippen molar-refractivity contribution in [2.75, 3.05) is 6.54 Å². The van der Waals surface area contributed by atoms with Crippen LogP contribution in [0.4, 0.5) is 0 Å². The first-order chi connectivity index (χ1) is 15.5. The van der Waals surface area contributed by atoms with Crippen LogP contribution < -0.4 is 16.6 Å². The van der Waals surface area contributed by atoms with Gasteiger partial charge < -0.3 is 10.3 Å². The van der Waals surface area contributed by atoms with E-state index in [1.807, 2.05) is 61.5 Å². The normalized spacial score (nSPS) is 10.9. The molecule has 4 rings (SSSR count). The summed E-state index contributed by atoms with van der Waals surface area (Å²) in [5, 5.41) is 3.27. The van der Waals surface area contributed by atoms with Crippen LogP contribution in [0.1, 0.15) is 27.0 Å². The second kappa shape index (κ2) is 9.47. The van der Waals surface area contributed by atoms with Gasteiger partial charge in [-0.05, 0) is 49.1 Å². The molecular weight excluding hydrogens is 402 g/mol. The van der Waals surface area contributed by atoms with Crippen molar-refractivity contribution in [2.24, 2.45) is 0 Å². The zero-order valence-electron chi connectivity index (χ0n) is 17.9. The maximum atomic E-state index is 12.8. The van der Waals surface area contributed by atoms with Gasteiger partial charge in [0, 0.05) is 18.7 Å². The third-order valence-corrected chi connectivity index (χ3v) is 5.53. The van der Waals surface area contributed by atoms with Crippen LogP contribution in [0.3, 0.4) is 0 Å². The Morgan fingerprint density at radius 3 is 2.38 bits per heavy atom. The Balaban J connectivity index is 1.47. The van der Waals surface area contributed by atoms with Crippen molar-refractivity contribution < 1.29 is 4.79 Å². The van der Waals surface area contributed by atoms with Crippen molar-refractivity contribution in [3.05, 3.63) is 116 Å². The first-order valence-electron chi connectivity index (χ1n) is 10.7. The van der Waals surface area contributed by atoms with E-state index in [9.17, 15) is 14.4 Å². The van der Waals surface area contributed by atoms with Gasteiger partial charge in [0.25, 0.3) is 11.5 Å². The number of aromatic amines is 1. The fourth-order valence-electron chi connectivity index (χ4n) is 3.66. The Morgan fingerprint density at radius 1 is 0.906 bits per heavy atom. The number of benzene rings is 3. The SMILES string of the molecule is Cc1ccc(CCNC(=O)c2ccc3c(=O)n(CCc4ccccc4)c(=O)[nH]c3c2)cc1. The van der Waals surface area contributed by atoms with Gasteiger partial charge in [0.15, 0.2) is 0 Å². The highest BCUT2D eigenvalue weighted by molar-refractivity contribution is 5.97. The van der Waals surface area contributed by atoms with E-state index in [-0.39, 0.29) is 18.0 Å². The average Bonchev–Trinajstić information content (AvgIpc) is 2.80. The lowest BCUT2D eigenvalue weighted by Gasteiger charge is -2.09. The van der Waals surface area contributed by atoms with Gasteiger partial charge in [-0.3, -0.25) is 14.2 Å². The van der Waals surface area contributed by atoms with Gasteiger partial charge in [0.05, 0.1) is 10.9 Å². The molecular formula is C26H25N3O3. The molecule has 0 atom stereocenters. The highest BCUT2D eigenvalue weighted by atomic mass is 16.2. The standard InChI is InChI=1S/C26H25N3O3/c1-18-7-9-20(10-8-18)13-15-27-24(30)21-11-12-22-23(17-21)28-26(32)29(25(22)31)16-14-19-5-3-2-4-6-19/h2-12,17H,13-16H2,1H3,(H,27,30)(H,28,32). The van der Waals surface area contributed by atoms with Crippen molar-refractivity contribution in [1.29, 1.82) is 0 Å². The summed E-state index contributed by atoms with van der Waals surface area (Å²) >= 11 is 0. The highest BCUT2D eigenvalue weighted by Crippen LogP contribution is 2.10. The number of carbonyl (C=O) groups excluding carboxylic acids is 1. The van der Waals surface area contributed by atoms with Gasteiger partial charge in [-0.1, -0.05) is 60.2 Å². The van der Waals surface area contributed by atoms with Crippen molar-refractivity contribution in [3.8, 4) is 0 Å². The number of hydrogen-bond donors (Lipinski definition) is 2. The summed E-state index contributed by atoms with van der Waals surface area (Å²) in [6, 6.07) is 22.7. The number of fused-ring (bicyclic) bond motifs is 1. The quantitative estimate of drug-likeness (QED) is 0.475. The zero-order valence-corrected chi connectivity index (χ0v) is 17.9. The predicted molar refractivity (Wildman–Crippen MR) is 126 cm³/mol. The van der Waals surface area contributed by atoms with Crippen molar-refractivity contribution >= 4 is 16.8 Å². The zero-order chi connectivity index (χ0) is 22.5. The molecule has 6 nitrogen and oxygen atoms in total. The van der Waals surface area contributed by atoms with Crippen LogP contribution in [0.2, 0.25) is 0 Å². The summed E-state index contributed by atoms with van der Waals surface area (Å²) in [5.41, 5.74) is 3.33. The van der Waals surface area contributed by atoms with Crippen LogP contribution in [-0.4, -0.2) is 22.0 Å². The Bertz CT molecular complexity index is 1350. The Labute approximate surface area is 185 Å². The topological polar surface area (TPSA) is 84.0 Å². The van der Waals surface area contributed by atoms with Gasteiger partial charge in [-0.25, -0.2) is 4.79 Å². The Kier molecular flexibility index (Phi) is 6.31. The molecule has 0 aliphatic carbocycles. The summed E-state index contributed by atoms with van der Waals surface area (Å²) in [4.78, 5) is 40.7. The first kappa shape index (κ1) is 21.3. The van der Waals surface area contributed by atoms with Crippen LogP contribution in [0, 0.1) is 6.92 Å². The lowest BCUT2D eigenvalue weighted by Crippen LogP contribution is -2.35. The fourth-order valence-corrected chi connectivity index (χ4v) is 3.66. The van der Waals surface area contributed by atoms with Crippen molar-refractivity contribution in [3.63, 3.8) is 0 Å². The van der Waals surface area contributed by atoms with Crippen molar-refractivity contribution in [1.82, 2.24) is 14.9 Å². The molecule has 0 aliphatic rings. The fraction of sp³-hybridized carbons (Fsp3) is 0.192. The molecule has 1 aromatic heterocycles. The Hall–Kier alpha value is -3.93. The van der Waals surface area contributed by atoms with E-state index in [2.05, 4.69) is 10.3 Å². The van der Waals surface area contributed by atoms with Gasteiger partial charge in [-0.2, -0.15) is 0 Å². The largest absolute Gasteiger partial charge is 0.352 e. The third-order valence-electron chi connectivity index (χ3n) is 5.53. The van der Waals surface area contributed by atoms with E-state index in [4.69, 9.17) is 0 Å². The van der Waals surface area contributed by atoms with Crippen molar-refractivity contribution in [2.45, 2.75) is 26.3 Å². The number of rotatable bonds is 7. The molecule has 0 aliphatic heterocycles. The number of nitrogens with zero attached hydrogens (tertiary/aromatic N) is 1. The second-order valence-corrected chi connectivity index (χ2v) is 7.87. The molecule has 1 heterocycles. The molecule has 1 amide bonds. The molecule has 6 heteroatoms. The van der Waals surface area contributed by atoms with Crippen LogP contribution in [0.25, 0.3) is 10.9 Å². The predicted octanol–water partition coefficient (Wildman–Crippen LogP) is 3.21. The summed E-state index contributed by atoms with van der Waals surface area (Å²) in [6.45, 7) is 2.82. The van der Waals surface area contributed by atoms with Gasteiger partial charge in [0.1, 0.15) is 0 Å². The monoisotopic (exact) mass is 427 g/mol. The van der Waals surface area contributed by atoms with Crippen LogP contribution in [-0.2, 0) is 19.4 Å². The molecule has 0 unspecified atom stereocenters. The summed E-state index contributed by atoms with van der Waals surface area (Å²) in [5.74, 6) is -0.242. The second-order valence-electron chi connectivity index (χ2n) is 7.87. The maximum absolute atomic E-state index is 12.8. The number of amides is 1. The first-order valence-corrected chi connectivity index (χ1v) is 10.7. The molecule has 162 valence electrons. The van der Waals surface area contributed by atoms with E-state index >= 15 is 0 Å². The molecule has 0 spiro atoms. The molecule has 0 fully saturated rings. The van der Waals surface area contributed by atoms with E-state index in [1.165, 1.54) is 10.1 Å². The van der Waals surface area contributed by atoms with Crippen LogP contribution in [0.5, 0.6) is 0 Å². The van der Waals surface area contributed by atoms with Gasteiger partial charge in [-0.15, -0.1) is 0 Å². The minimum absolute atomic E-state index is 0.242. The van der Waals surface area contributed by atoms with E-state index in [1.54, 1.807) is 18.2 Å². The molecule has 0 saturated heterocycles. The summed E-state index contributed by atoms with van der Waals surface area (Å²) in [6.07, 6.45) is 1.30. The summed E-state index contributed by atoms with van der Waals surface area (Å²) < 4.78 is 1.21. The molecule has 0 radical (unpaired) electrons. The van der Waals surface area contributed by atoms with Crippen LogP contribution >= 0.6 is 0 Å². The third kappa shape index (κ3) is 4.86. The van der Waals surface area contributed by atoms with Gasteiger partial charge in [0.2, 0.25) is 0 Å². The number of H-pyrrole nitrogens is 1. The van der Waals surface area contributed by atoms with E-state index in [0.717, 1.165) is 17.5 Å². The molecule has 4 aromatic rings. The number of aromatic nitrogens is 2. The smallest absolute Gasteiger partial charge is 0.328 e. The minimum Gasteiger partial charge on any atom is -0.352 e. The molecule has 3 aromatic carbocycles. The minimum atomic E-state index is -0.477. The van der Waals surface area contributed by atoms with Gasteiger partial charge >= 0.3 is 5.69 Å². The van der Waals surface area contributed by atoms with Crippen LogP contribution in [0.15, 0.2) is 82.4 Å². The lowest BCUT2D eigenvalue weighted by atomic mass is 10.1. The highest BCUT2D eigenvalue weighted by Gasteiger charge is 2.11.